The van der Waals surface area contributed by atoms with E-state index in [1.807, 2.05) is 0 Å². The summed E-state index contributed by atoms with van der Waals surface area (Å²) in [6, 6.07) is 7.40. The maximum atomic E-state index is 13.7. The summed E-state index contributed by atoms with van der Waals surface area (Å²) in [5.74, 6) is -2.80. The van der Waals surface area contributed by atoms with Gasteiger partial charge in [-0.15, -0.1) is 0 Å². The number of nitrogens with zero attached hydrogens (tertiary/aromatic N) is 1. The van der Waals surface area contributed by atoms with Crippen LogP contribution in [0.5, 0.6) is 0 Å². The van der Waals surface area contributed by atoms with E-state index >= 15 is 0 Å². The van der Waals surface area contributed by atoms with Crippen molar-refractivity contribution in [2.75, 3.05) is 0 Å². The number of carboxylic acid groups (broad SMARTS) is 1. The molecule has 6 heteroatoms. The molecule has 3 rings (SSSR count). The minimum Gasteiger partial charge on any atom is -0.478 e. The predicted octanol–water partition coefficient (Wildman–Crippen LogP) is 3.47. The standard InChI is InChI=1S/C14H7F2NO3/c15-7-4-5-8(10(16)6-7)13-17-11-3-1-2-9(14(18)19)12(11)20-13/h1-6H,(H,18,19). The zero-order chi connectivity index (χ0) is 14.3. The van der Waals surface area contributed by atoms with Crippen molar-refractivity contribution >= 4 is 17.1 Å². The number of halogens is 2. The molecule has 0 aliphatic rings. The number of carboxylic acids is 1. The van der Waals surface area contributed by atoms with Gasteiger partial charge in [-0.2, -0.15) is 0 Å². The van der Waals surface area contributed by atoms with E-state index < -0.39 is 17.6 Å². The Balaban J connectivity index is 2.23. The highest BCUT2D eigenvalue weighted by atomic mass is 19.1. The van der Waals surface area contributed by atoms with E-state index in [0.717, 1.165) is 6.07 Å². The second kappa shape index (κ2) is 4.41. The Hall–Kier alpha value is -2.76. The summed E-state index contributed by atoms with van der Waals surface area (Å²) in [4.78, 5) is 15.1. The van der Waals surface area contributed by atoms with Gasteiger partial charge in [0.25, 0.3) is 0 Å². The van der Waals surface area contributed by atoms with Gasteiger partial charge in [0.2, 0.25) is 5.89 Å². The SMILES string of the molecule is O=C(O)c1cccc2nc(-c3ccc(F)cc3F)oc12. The molecule has 0 aliphatic heterocycles. The molecule has 1 heterocycles. The summed E-state index contributed by atoms with van der Waals surface area (Å²) in [5, 5.41) is 9.04. The van der Waals surface area contributed by atoms with Crippen LogP contribution in [0.1, 0.15) is 10.4 Å². The number of aromatic nitrogens is 1. The fourth-order valence-electron chi connectivity index (χ4n) is 1.90. The zero-order valence-corrected chi connectivity index (χ0v) is 9.93. The van der Waals surface area contributed by atoms with Gasteiger partial charge in [0.15, 0.2) is 5.58 Å². The number of fused-ring (bicyclic) bond motifs is 1. The second-order valence-corrected chi connectivity index (χ2v) is 4.10. The molecular weight excluding hydrogens is 268 g/mol. The van der Waals surface area contributed by atoms with Gasteiger partial charge in [0.05, 0.1) is 5.56 Å². The van der Waals surface area contributed by atoms with Crippen LogP contribution in [0.2, 0.25) is 0 Å². The first-order chi connectivity index (χ1) is 9.56. The Morgan fingerprint density at radius 2 is 2.00 bits per heavy atom. The third-order valence-corrected chi connectivity index (χ3v) is 2.81. The number of rotatable bonds is 2. The number of carbonyl (C=O) groups is 1. The molecule has 1 N–H and O–H groups in total. The maximum Gasteiger partial charge on any atom is 0.339 e. The van der Waals surface area contributed by atoms with E-state index in [-0.39, 0.29) is 22.6 Å². The van der Waals surface area contributed by atoms with Crippen LogP contribution in [0.15, 0.2) is 40.8 Å². The van der Waals surface area contributed by atoms with Crippen molar-refractivity contribution in [1.29, 1.82) is 0 Å². The lowest BCUT2D eigenvalue weighted by Crippen LogP contribution is -1.95. The summed E-state index contributed by atoms with van der Waals surface area (Å²) in [6.45, 7) is 0. The molecule has 0 fully saturated rings. The van der Waals surface area contributed by atoms with Crippen molar-refractivity contribution in [3.63, 3.8) is 0 Å². The summed E-state index contributed by atoms with van der Waals surface area (Å²) in [6.07, 6.45) is 0. The fourth-order valence-corrected chi connectivity index (χ4v) is 1.90. The second-order valence-electron chi connectivity index (χ2n) is 4.10. The van der Waals surface area contributed by atoms with Gasteiger partial charge in [0, 0.05) is 6.07 Å². The number of hydrogen-bond donors (Lipinski definition) is 1. The summed E-state index contributed by atoms with van der Waals surface area (Å²) in [7, 11) is 0. The first-order valence-corrected chi connectivity index (χ1v) is 5.64. The van der Waals surface area contributed by atoms with Crippen LogP contribution in [-0.2, 0) is 0 Å². The molecule has 0 spiro atoms. The Bertz CT molecular complexity index is 826. The van der Waals surface area contributed by atoms with Gasteiger partial charge in [-0.05, 0) is 24.3 Å². The summed E-state index contributed by atoms with van der Waals surface area (Å²) < 4.78 is 31.8. The molecule has 0 saturated heterocycles. The monoisotopic (exact) mass is 275 g/mol. The first kappa shape index (κ1) is 12.3. The predicted molar refractivity (Wildman–Crippen MR) is 66.3 cm³/mol. The highest BCUT2D eigenvalue weighted by molar-refractivity contribution is 6.00. The normalized spacial score (nSPS) is 10.9. The molecule has 0 atom stereocenters. The molecule has 0 saturated carbocycles. The van der Waals surface area contributed by atoms with E-state index in [0.29, 0.717) is 11.6 Å². The average molecular weight is 275 g/mol. The molecule has 0 unspecified atom stereocenters. The lowest BCUT2D eigenvalue weighted by Gasteiger charge is -1.97. The van der Waals surface area contributed by atoms with Crippen molar-refractivity contribution in [1.82, 2.24) is 4.98 Å². The van der Waals surface area contributed by atoms with E-state index in [2.05, 4.69) is 4.98 Å². The van der Waals surface area contributed by atoms with Crippen molar-refractivity contribution in [2.45, 2.75) is 0 Å². The van der Waals surface area contributed by atoms with Crippen molar-refractivity contribution in [3.8, 4) is 11.5 Å². The van der Waals surface area contributed by atoms with E-state index in [1.165, 1.54) is 18.2 Å². The van der Waals surface area contributed by atoms with Gasteiger partial charge in [-0.1, -0.05) is 6.07 Å². The maximum absolute atomic E-state index is 13.7. The third kappa shape index (κ3) is 1.91. The van der Waals surface area contributed by atoms with Crippen molar-refractivity contribution < 1.29 is 23.1 Å². The number of oxazole rings is 1. The largest absolute Gasteiger partial charge is 0.478 e. The molecule has 3 aromatic rings. The minimum atomic E-state index is -1.17. The molecule has 0 bridgehead atoms. The molecule has 0 amide bonds. The van der Waals surface area contributed by atoms with Crippen LogP contribution >= 0.6 is 0 Å². The van der Waals surface area contributed by atoms with E-state index in [9.17, 15) is 13.6 Å². The van der Waals surface area contributed by atoms with E-state index in [4.69, 9.17) is 9.52 Å². The molecule has 1 aromatic heterocycles. The van der Waals surface area contributed by atoms with Crippen molar-refractivity contribution in [3.05, 3.63) is 53.6 Å². The smallest absolute Gasteiger partial charge is 0.339 e. The zero-order valence-electron chi connectivity index (χ0n) is 9.93. The minimum absolute atomic E-state index is 0.0288. The lowest BCUT2D eigenvalue weighted by molar-refractivity contribution is 0.0698. The molecule has 4 nitrogen and oxygen atoms in total. The van der Waals surface area contributed by atoms with Crippen LogP contribution in [0, 0.1) is 11.6 Å². The highest BCUT2D eigenvalue weighted by Crippen LogP contribution is 2.28. The van der Waals surface area contributed by atoms with Gasteiger partial charge in [-0.25, -0.2) is 18.6 Å². The summed E-state index contributed by atoms with van der Waals surface area (Å²) in [5.41, 5.74) is 0.255. The summed E-state index contributed by atoms with van der Waals surface area (Å²) >= 11 is 0. The third-order valence-electron chi connectivity index (χ3n) is 2.81. The molecule has 2 aromatic carbocycles. The molecule has 0 radical (unpaired) electrons. The van der Waals surface area contributed by atoms with Crippen LogP contribution < -0.4 is 0 Å². The Morgan fingerprint density at radius 1 is 1.20 bits per heavy atom. The number of para-hydroxylation sites is 1. The van der Waals surface area contributed by atoms with E-state index in [1.54, 1.807) is 6.07 Å². The lowest BCUT2D eigenvalue weighted by atomic mass is 10.2. The first-order valence-electron chi connectivity index (χ1n) is 5.64. The van der Waals surface area contributed by atoms with Gasteiger partial charge in [-0.3, -0.25) is 0 Å². The number of hydrogen-bond acceptors (Lipinski definition) is 3. The quantitative estimate of drug-likeness (QED) is 0.777. The topological polar surface area (TPSA) is 63.3 Å². The Morgan fingerprint density at radius 3 is 2.70 bits per heavy atom. The van der Waals surface area contributed by atoms with Crippen molar-refractivity contribution in [2.24, 2.45) is 0 Å². The highest BCUT2D eigenvalue weighted by Gasteiger charge is 2.17. The van der Waals surface area contributed by atoms with Crippen LogP contribution in [-0.4, -0.2) is 16.1 Å². The number of aromatic carboxylic acids is 1. The molecular formula is C14H7F2NO3. The number of benzene rings is 2. The van der Waals surface area contributed by atoms with Gasteiger partial charge >= 0.3 is 5.97 Å². The fraction of sp³-hybridized carbons (Fsp3) is 0. The van der Waals surface area contributed by atoms with Gasteiger partial charge < -0.3 is 9.52 Å². The average Bonchev–Trinajstić information content (AvgIpc) is 2.81. The van der Waals surface area contributed by atoms with Crippen LogP contribution in [0.25, 0.3) is 22.6 Å². The van der Waals surface area contributed by atoms with Crippen LogP contribution in [0.4, 0.5) is 8.78 Å². The molecule has 100 valence electrons. The Kier molecular flexibility index (Phi) is 2.71. The van der Waals surface area contributed by atoms with Crippen LogP contribution in [0.3, 0.4) is 0 Å². The molecule has 20 heavy (non-hydrogen) atoms. The molecule has 0 aliphatic carbocycles. The Labute approximate surface area is 111 Å². The van der Waals surface area contributed by atoms with Gasteiger partial charge in [0.1, 0.15) is 22.7 Å².